The molecule has 3 heterocycles. The number of morpholine rings is 2. The predicted octanol–water partition coefficient (Wildman–Crippen LogP) is 0.211. The molecule has 0 unspecified atom stereocenters. The topological polar surface area (TPSA) is 50.7 Å². The summed E-state index contributed by atoms with van der Waals surface area (Å²) in [7, 11) is 0. The standard InChI is InChI=1S/C10H16N4O2S/c1-5-15-6-2-13(1)9-10(12-17-11-9)14-3-7-16-8-4-14/h1-8H2. The quantitative estimate of drug-likeness (QED) is 0.754. The van der Waals surface area contributed by atoms with Gasteiger partial charge < -0.3 is 19.3 Å². The molecule has 2 fully saturated rings. The number of ether oxygens (including phenoxy) is 2. The Kier molecular flexibility index (Phi) is 3.39. The second-order valence-electron chi connectivity index (χ2n) is 4.11. The molecule has 6 nitrogen and oxygen atoms in total. The first kappa shape index (κ1) is 11.2. The molecule has 0 radical (unpaired) electrons. The Balaban J connectivity index is 1.77. The second-order valence-corrected chi connectivity index (χ2v) is 4.64. The van der Waals surface area contributed by atoms with Gasteiger partial charge in [-0.15, -0.1) is 0 Å². The molecule has 2 aliphatic rings. The van der Waals surface area contributed by atoms with Crippen molar-refractivity contribution < 1.29 is 9.47 Å². The zero-order valence-corrected chi connectivity index (χ0v) is 10.5. The van der Waals surface area contributed by atoms with E-state index in [-0.39, 0.29) is 0 Å². The first-order chi connectivity index (χ1) is 8.45. The van der Waals surface area contributed by atoms with Crippen molar-refractivity contribution in [1.82, 2.24) is 8.75 Å². The van der Waals surface area contributed by atoms with Gasteiger partial charge in [0.2, 0.25) is 0 Å². The highest BCUT2D eigenvalue weighted by atomic mass is 32.1. The molecule has 7 heteroatoms. The number of anilines is 2. The zero-order valence-electron chi connectivity index (χ0n) is 9.67. The van der Waals surface area contributed by atoms with Crippen LogP contribution in [0.25, 0.3) is 0 Å². The van der Waals surface area contributed by atoms with Crippen LogP contribution in [0.2, 0.25) is 0 Å². The highest BCUT2D eigenvalue weighted by molar-refractivity contribution is 6.99. The number of nitrogens with zero attached hydrogens (tertiary/aromatic N) is 4. The van der Waals surface area contributed by atoms with Crippen molar-refractivity contribution in [2.45, 2.75) is 0 Å². The van der Waals surface area contributed by atoms with E-state index < -0.39 is 0 Å². The summed E-state index contributed by atoms with van der Waals surface area (Å²) in [6, 6.07) is 0. The minimum absolute atomic E-state index is 0.778. The van der Waals surface area contributed by atoms with Gasteiger partial charge in [-0.2, -0.15) is 8.75 Å². The van der Waals surface area contributed by atoms with E-state index in [1.165, 1.54) is 11.7 Å². The molecule has 0 saturated carbocycles. The summed E-state index contributed by atoms with van der Waals surface area (Å²) in [4.78, 5) is 4.52. The lowest BCUT2D eigenvalue weighted by Gasteiger charge is -2.31. The van der Waals surface area contributed by atoms with Gasteiger partial charge in [0.25, 0.3) is 0 Å². The van der Waals surface area contributed by atoms with Crippen LogP contribution in [0.4, 0.5) is 11.6 Å². The van der Waals surface area contributed by atoms with Crippen molar-refractivity contribution in [2.75, 3.05) is 62.4 Å². The highest BCUT2D eigenvalue weighted by Crippen LogP contribution is 2.28. The summed E-state index contributed by atoms with van der Waals surface area (Å²) < 4.78 is 19.6. The lowest BCUT2D eigenvalue weighted by molar-refractivity contribution is 0.120. The van der Waals surface area contributed by atoms with Crippen molar-refractivity contribution in [3.05, 3.63) is 0 Å². The maximum Gasteiger partial charge on any atom is 0.187 e. The summed E-state index contributed by atoms with van der Waals surface area (Å²) in [6.45, 7) is 6.73. The fourth-order valence-electron chi connectivity index (χ4n) is 2.13. The number of hydrogen-bond acceptors (Lipinski definition) is 7. The lowest BCUT2D eigenvalue weighted by atomic mass is 10.3. The molecule has 3 rings (SSSR count). The van der Waals surface area contributed by atoms with Gasteiger partial charge in [0.1, 0.15) is 0 Å². The summed E-state index contributed by atoms with van der Waals surface area (Å²) in [6.07, 6.45) is 0. The third kappa shape index (κ3) is 2.36. The van der Waals surface area contributed by atoms with Crippen molar-refractivity contribution in [1.29, 1.82) is 0 Å². The summed E-state index contributed by atoms with van der Waals surface area (Å²) in [5, 5.41) is 0. The third-order valence-corrected chi connectivity index (χ3v) is 3.58. The van der Waals surface area contributed by atoms with E-state index in [9.17, 15) is 0 Å². The summed E-state index contributed by atoms with van der Waals surface area (Å²) in [5.74, 6) is 2.03. The van der Waals surface area contributed by atoms with E-state index in [0.717, 1.165) is 64.2 Å². The average Bonchev–Trinajstić information content (AvgIpc) is 2.90. The van der Waals surface area contributed by atoms with Crippen molar-refractivity contribution in [3.63, 3.8) is 0 Å². The van der Waals surface area contributed by atoms with Crippen molar-refractivity contribution in [3.8, 4) is 0 Å². The Labute approximate surface area is 104 Å². The van der Waals surface area contributed by atoms with Gasteiger partial charge >= 0.3 is 0 Å². The molecule has 0 bridgehead atoms. The molecule has 1 aromatic rings. The van der Waals surface area contributed by atoms with E-state index in [0.29, 0.717) is 0 Å². The Morgan fingerprint density at radius 1 is 0.765 bits per heavy atom. The minimum atomic E-state index is 0.778. The molecular weight excluding hydrogens is 240 g/mol. The predicted molar refractivity (Wildman–Crippen MR) is 66.0 cm³/mol. The van der Waals surface area contributed by atoms with Crippen LogP contribution >= 0.6 is 11.7 Å². The van der Waals surface area contributed by atoms with Crippen LogP contribution in [-0.4, -0.2) is 61.4 Å². The molecule has 2 aliphatic heterocycles. The van der Waals surface area contributed by atoms with Gasteiger partial charge in [0.15, 0.2) is 11.6 Å². The van der Waals surface area contributed by atoms with Crippen LogP contribution in [0.5, 0.6) is 0 Å². The third-order valence-electron chi connectivity index (χ3n) is 3.08. The van der Waals surface area contributed by atoms with Gasteiger partial charge in [-0.25, -0.2) is 0 Å². The van der Waals surface area contributed by atoms with Crippen LogP contribution in [-0.2, 0) is 9.47 Å². The molecule has 0 N–H and O–H groups in total. The van der Waals surface area contributed by atoms with Crippen molar-refractivity contribution in [2.24, 2.45) is 0 Å². The number of aromatic nitrogens is 2. The van der Waals surface area contributed by atoms with Gasteiger partial charge in [0.05, 0.1) is 38.2 Å². The van der Waals surface area contributed by atoms with Crippen LogP contribution in [0.3, 0.4) is 0 Å². The summed E-state index contributed by atoms with van der Waals surface area (Å²) >= 11 is 1.29. The van der Waals surface area contributed by atoms with Crippen LogP contribution < -0.4 is 9.80 Å². The van der Waals surface area contributed by atoms with Gasteiger partial charge in [0, 0.05) is 26.2 Å². The fourth-order valence-corrected chi connectivity index (χ4v) is 2.72. The van der Waals surface area contributed by atoms with Crippen molar-refractivity contribution >= 4 is 23.4 Å². The Bertz CT molecular complexity index is 328. The van der Waals surface area contributed by atoms with E-state index in [1.54, 1.807) is 0 Å². The molecule has 2 saturated heterocycles. The molecule has 0 aliphatic carbocycles. The maximum absolute atomic E-state index is 5.36. The molecule has 94 valence electrons. The maximum atomic E-state index is 5.36. The first-order valence-corrected chi connectivity index (χ1v) is 6.66. The lowest BCUT2D eigenvalue weighted by Crippen LogP contribution is -2.40. The van der Waals surface area contributed by atoms with E-state index in [4.69, 9.17) is 9.47 Å². The summed E-state index contributed by atoms with van der Waals surface area (Å²) in [5.41, 5.74) is 0. The minimum Gasteiger partial charge on any atom is -0.378 e. The largest absolute Gasteiger partial charge is 0.378 e. The first-order valence-electron chi connectivity index (χ1n) is 5.93. The molecule has 0 spiro atoms. The Morgan fingerprint density at radius 2 is 1.18 bits per heavy atom. The second kappa shape index (κ2) is 5.16. The smallest absolute Gasteiger partial charge is 0.187 e. The Morgan fingerprint density at radius 3 is 1.59 bits per heavy atom. The zero-order chi connectivity index (χ0) is 11.5. The normalized spacial score (nSPS) is 21.9. The number of rotatable bonds is 2. The van der Waals surface area contributed by atoms with E-state index in [1.807, 2.05) is 0 Å². The monoisotopic (exact) mass is 256 g/mol. The fraction of sp³-hybridized carbons (Fsp3) is 0.800. The number of hydrogen-bond donors (Lipinski definition) is 0. The van der Waals surface area contributed by atoms with E-state index in [2.05, 4.69) is 18.5 Å². The molecule has 17 heavy (non-hydrogen) atoms. The SMILES string of the molecule is C1CN(c2nsnc2N2CCOCC2)CCO1. The molecule has 0 amide bonds. The molecule has 1 aromatic heterocycles. The van der Waals surface area contributed by atoms with E-state index >= 15 is 0 Å². The highest BCUT2D eigenvalue weighted by Gasteiger charge is 2.23. The average molecular weight is 256 g/mol. The van der Waals surface area contributed by atoms with Crippen LogP contribution in [0, 0.1) is 0 Å². The van der Waals surface area contributed by atoms with Gasteiger partial charge in [-0.1, -0.05) is 0 Å². The molecular formula is C10H16N4O2S. The van der Waals surface area contributed by atoms with Crippen LogP contribution in [0.1, 0.15) is 0 Å². The molecule has 0 atom stereocenters. The van der Waals surface area contributed by atoms with Gasteiger partial charge in [-0.3, -0.25) is 0 Å². The molecule has 0 aromatic carbocycles. The van der Waals surface area contributed by atoms with Gasteiger partial charge in [-0.05, 0) is 0 Å². The van der Waals surface area contributed by atoms with Crippen LogP contribution in [0.15, 0.2) is 0 Å². The Hall–Kier alpha value is -0.920.